The summed E-state index contributed by atoms with van der Waals surface area (Å²) in [6.45, 7) is 4.40. The Morgan fingerprint density at radius 3 is 2.33 bits per heavy atom. The van der Waals surface area contributed by atoms with Crippen molar-refractivity contribution in [3.05, 3.63) is 35.4 Å². The SMILES string of the molecule is CNCCN(C)C(=O)C(C)(C)c1cccc(C(F)(F)F)c1. The molecule has 0 spiro atoms. The van der Waals surface area contributed by atoms with Crippen LogP contribution >= 0.6 is 0 Å². The van der Waals surface area contributed by atoms with Gasteiger partial charge in [0.2, 0.25) is 5.91 Å². The lowest BCUT2D eigenvalue weighted by molar-refractivity contribution is -0.138. The summed E-state index contributed by atoms with van der Waals surface area (Å²) in [5.74, 6) is -0.211. The fourth-order valence-corrected chi connectivity index (χ4v) is 2.07. The Hall–Kier alpha value is -1.56. The molecule has 1 amide bonds. The zero-order valence-corrected chi connectivity index (χ0v) is 12.7. The van der Waals surface area contributed by atoms with Crippen LogP contribution < -0.4 is 5.32 Å². The molecule has 0 saturated carbocycles. The van der Waals surface area contributed by atoms with Gasteiger partial charge in [-0.2, -0.15) is 13.2 Å². The molecule has 0 atom stereocenters. The summed E-state index contributed by atoms with van der Waals surface area (Å²) in [6, 6.07) is 4.94. The number of carbonyl (C=O) groups excluding carboxylic acids is 1. The van der Waals surface area contributed by atoms with E-state index in [2.05, 4.69) is 5.32 Å². The first kappa shape index (κ1) is 17.5. The lowest BCUT2D eigenvalue weighted by atomic mass is 9.82. The minimum absolute atomic E-state index is 0.211. The van der Waals surface area contributed by atoms with E-state index in [-0.39, 0.29) is 5.91 Å². The largest absolute Gasteiger partial charge is 0.416 e. The predicted octanol–water partition coefficient (Wildman–Crippen LogP) is 2.66. The van der Waals surface area contributed by atoms with Gasteiger partial charge in [-0.05, 0) is 32.5 Å². The zero-order chi connectivity index (χ0) is 16.3. The smallest absolute Gasteiger partial charge is 0.344 e. The molecular weight excluding hydrogens is 281 g/mol. The van der Waals surface area contributed by atoms with Crippen LogP contribution in [0.2, 0.25) is 0 Å². The van der Waals surface area contributed by atoms with Crippen LogP contribution in [-0.2, 0) is 16.4 Å². The van der Waals surface area contributed by atoms with Gasteiger partial charge in [0.25, 0.3) is 0 Å². The van der Waals surface area contributed by atoms with Crippen LogP contribution in [0.4, 0.5) is 13.2 Å². The van der Waals surface area contributed by atoms with Gasteiger partial charge in [0.05, 0.1) is 11.0 Å². The van der Waals surface area contributed by atoms with Gasteiger partial charge >= 0.3 is 6.18 Å². The molecule has 1 aromatic carbocycles. The van der Waals surface area contributed by atoms with E-state index < -0.39 is 17.2 Å². The number of likely N-dealkylation sites (N-methyl/N-ethyl adjacent to an activating group) is 2. The maximum absolute atomic E-state index is 12.8. The number of carbonyl (C=O) groups is 1. The van der Waals surface area contributed by atoms with E-state index in [0.29, 0.717) is 18.7 Å². The molecule has 0 heterocycles. The van der Waals surface area contributed by atoms with Crippen molar-refractivity contribution < 1.29 is 18.0 Å². The van der Waals surface area contributed by atoms with E-state index in [4.69, 9.17) is 0 Å². The van der Waals surface area contributed by atoms with Crippen molar-refractivity contribution in [3.63, 3.8) is 0 Å². The van der Waals surface area contributed by atoms with Gasteiger partial charge in [-0.3, -0.25) is 4.79 Å². The number of rotatable bonds is 5. The number of hydrogen-bond donors (Lipinski definition) is 1. The maximum atomic E-state index is 12.8. The van der Waals surface area contributed by atoms with Gasteiger partial charge < -0.3 is 10.2 Å². The minimum Gasteiger partial charge on any atom is -0.344 e. The van der Waals surface area contributed by atoms with E-state index in [1.807, 2.05) is 0 Å². The molecular formula is C15H21F3N2O. The third-order valence-corrected chi connectivity index (χ3v) is 3.49. The van der Waals surface area contributed by atoms with E-state index >= 15 is 0 Å². The Labute approximate surface area is 123 Å². The molecule has 0 aliphatic heterocycles. The molecule has 0 aromatic heterocycles. The van der Waals surface area contributed by atoms with Crippen molar-refractivity contribution in [2.75, 3.05) is 27.2 Å². The molecule has 1 N–H and O–H groups in total. The fraction of sp³-hybridized carbons (Fsp3) is 0.533. The van der Waals surface area contributed by atoms with Crippen molar-refractivity contribution in [1.82, 2.24) is 10.2 Å². The van der Waals surface area contributed by atoms with Gasteiger partial charge in [0, 0.05) is 20.1 Å². The topological polar surface area (TPSA) is 32.3 Å². The summed E-state index contributed by atoms with van der Waals surface area (Å²) in [4.78, 5) is 14.0. The lowest BCUT2D eigenvalue weighted by Crippen LogP contribution is -2.43. The Balaban J connectivity index is 3.04. The number of alkyl halides is 3. The van der Waals surface area contributed by atoms with Crippen LogP contribution in [0.15, 0.2) is 24.3 Å². The number of nitrogens with zero attached hydrogens (tertiary/aromatic N) is 1. The number of nitrogens with one attached hydrogen (secondary N) is 1. The molecule has 1 rings (SSSR count). The zero-order valence-electron chi connectivity index (χ0n) is 12.7. The van der Waals surface area contributed by atoms with Crippen molar-refractivity contribution in [2.24, 2.45) is 0 Å². The predicted molar refractivity (Wildman–Crippen MR) is 76.0 cm³/mol. The van der Waals surface area contributed by atoms with Gasteiger partial charge in [-0.15, -0.1) is 0 Å². The minimum atomic E-state index is -4.41. The third kappa shape index (κ3) is 4.20. The highest BCUT2D eigenvalue weighted by atomic mass is 19.4. The second-order valence-electron chi connectivity index (χ2n) is 5.53. The van der Waals surface area contributed by atoms with Crippen molar-refractivity contribution >= 4 is 5.91 Å². The Morgan fingerprint density at radius 1 is 1.24 bits per heavy atom. The summed E-state index contributed by atoms with van der Waals surface area (Å²) in [5.41, 5.74) is -1.39. The molecule has 21 heavy (non-hydrogen) atoms. The van der Waals surface area contributed by atoms with Crippen molar-refractivity contribution in [1.29, 1.82) is 0 Å². The van der Waals surface area contributed by atoms with Crippen molar-refractivity contribution in [3.8, 4) is 0 Å². The summed E-state index contributed by atoms with van der Waals surface area (Å²) < 4.78 is 38.3. The van der Waals surface area contributed by atoms with Crippen LogP contribution in [-0.4, -0.2) is 38.0 Å². The molecule has 0 fully saturated rings. The first-order valence-electron chi connectivity index (χ1n) is 6.68. The third-order valence-electron chi connectivity index (χ3n) is 3.49. The molecule has 3 nitrogen and oxygen atoms in total. The summed E-state index contributed by atoms with van der Waals surface area (Å²) in [7, 11) is 3.42. The van der Waals surface area contributed by atoms with Gasteiger partial charge in [0.1, 0.15) is 0 Å². The molecule has 0 unspecified atom stereocenters. The Kier molecular flexibility index (Phi) is 5.39. The Bertz CT molecular complexity index is 498. The average Bonchev–Trinajstić information content (AvgIpc) is 2.43. The number of benzene rings is 1. The number of hydrogen-bond acceptors (Lipinski definition) is 2. The first-order valence-corrected chi connectivity index (χ1v) is 6.68. The van der Waals surface area contributed by atoms with Gasteiger partial charge in [0.15, 0.2) is 0 Å². The normalized spacial score (nSPS) is 12.3. The molecule has 0 aliphatic rings. The summed E-state index contributed by atoms with van der Waals surface area (Å²) >= 11 is 0. The quantitative estimate of drug-likeness (QED) is 0.907. The molecule has 0 saturated heterocycles. The summed E-state index contributed by atoms with van der Waals surface area (Å²) in [5, 5.41) is 2.93. The van der Waals surface area contributed by atoms with Crippen molar-refractivity contribution in [2.45, 2.75) is 25.4 Å². The standard InChI is InChI=1S/C15H21F3N2O/c1-14(2,13(21)20(4)9-8-19-3)11-6-5-7-12(10-11)15(16,17)18/h5-7,10,19H,8-9H2,1-4H3. The molecule has 6 heteroatoms. The van der Waals surface area contributed by atoms with Crippen LogP contribution in [0.1, 0.15) is 25.0 Å². The molecule has 0 aliphatic carbocycles. The van der Waals surface area contributed by atoms with E-state index in [1.54, 1.807) is 34.0 Å². The van der Waals surface area contributed by atoms with Crippen LogP contribution in [0, 0.1) is 0 Å². The Morgan fingerprint density at radius 2 is 1.81 bits per heavy atom. The highest BCUT2D eigenvalue weighted by molar-refractivity contribution is 5.87. The maximum Gasteiger partial charge on any atom is 0.416 e. The van der Waals surface area contributed by atoms with Crippen LogP contribution in [0.3, 0.4) is 0 Å². The average molecular weight is 302 g/mol. The van der Waals surface area contributed by atoms with Gasteiger partial charge in [-0.25, -0.2) is 0 Å². The van der Waals surface area contributed by atoms with E-state index in [1.165, 1.54) is 11.0 Å². The first-order chi connectivity index (χ1) is 9.60. The highest BCUT2D eigenvalue weighted by Crippen LogP contribution is 2.33. The molecule has 0 radical (unpaired) electrons. The molecule has 1 aromatic rings. The molecule has 118 valence electrons. The highest BCUT2D eigenvalue weighted by Gasteiger charge is 2.35. The fourth-order valence-electron chi connectivity index (χ4n) is 2.07. The van der Waals surface area contributed by atoms with E-state index in [0.717, 1.165) is 12.1 Å². The monoisotopic (exact) mass is 302 g/mol. The number of amides is 1. The lowest BCUT2D eigenvalue weighted by Gasteiger charge is -2.30. The second kappa shape index (κ2) is 6.47. The van der Waals surface area contributed by atoms with E-state index in [9.17, 15) is 18.0 Å². The van der Waals surface area contributed by atoms with Crippen LogP contribution in [0.5, 0.6) is 0 Å². The summed E-state index contributed by atoms with van der Waals surface area (Å²) in [6.07, 6.45) is -4.41. The number of halogens is 3. The molecule has 0 bridgehead atoms. The van der Waals surface area contributed by atoms with Crippen LogP contribution in [0.25, 0.3) is 0 Å². The van der Waals surface area contributed by atoms with Gasteiger partial charge in [-0.1, -0.05) is 18.2 Å². The second-order valence-corrected chi connectivity index (χ2v) is 5.53.